The lowest BCUT2D eigenvalue weighted by Gasteiger charge is -2.35. The van der Waals surface area contributed by atoms with Gasteiger partial charge in [-0.3, -0.25) is 4.99 Å². The molecule has 2 atom stereocenters. The number of piperidine rings is 1. The zero-order valence-corrected chi connectivity index (χ0v) is 19.2. The van der Waals surface area contributed by atoms with Crippen LogP contribution in [0.5, 0.6) is 0 Å². The maximum absolute atomic E-state index is 4.40. The SMILES string of the molecule is CN=C(NCC1CCCN(C(C)C)C1)NC(C)CCc1ccccc1.I. The summed E-state index contributed by atoms with van der Waals surface area (Å²) in [6.45, 7) is 10.3. The molecule has 0 spiro atoms. The van der Waals surface area contributed by atoms with Crippen LogP contribution in [0, 0.1) is 5.92 Å². The summed E-state index contributed by atoms with van der Waals surface area (Å²) in [5, 5.41) is 7.08. The van der Waals surface area contributed by atoms with Crippen LogP contribution in [0.4, 0.5) is 0 Å². The van der Waals surface area contributed by atoms with E-state index in [1.165, 1.54) is 31.5 Å². The molecule has 1 heterocycles. The van der Waals surface area contributed by atoms with Gasteiger partial charge in [-0.25, -0.2) is 0 Å². The van der Waals surface area contributed by atoms with Crippen LogP contribution in [-0.4, -0.2) is 49.6 Å². The lowest BCUT2D eigenvalue weighted by Crippen LogP contribution is -2.47. The third-order valence-corrected chi connectivity index (χ3v) is 5.15. The molecule has 148 valence electrons. The standard InChI is InChI=1S/C21H36N4.HI/c1-17(2)25-14-8-11-20(16-25)15-23-21(22-4)24-18(3)12-13-19-9-6-5-7-10-19;/h5-7,9-10,17-18,20H,8,11-16H2,1-4H3,(H2,22,23,24);1H. The number of aliphatic imine (C=N–C) groups is 1. The van der Waals surface area contributed by atoms with Gasteiger partial charge >= 0.3 is 0 Å². The number of halogens is 1. The molecule has 1 aliphatic rings. The Balaban J connectivity index is 0.00000338. The van der Waals surface area contributed by atoms with E-state index in [1.807, 2.05) is 7.05 Å². The summed E-state index contributed by atoms with van der Waals surface area (Å²) < 4.78 is 0. The minimum absolute atomic E-state index is 0. The van der Waals surface area contributed by atoms with Gasteiger partial charge in [-0.2, -0.15) is 0 Å². The van der Waals surface area contributed by atoms with Crippen molar-refractivity contribution in [2.75, 3.05) is 26.7 Å². The second-order valence-corrected chi connectivity index (χ2v) is 7.62. The first-order valence-corrected chi connectivity index (χ1v) is 9.83. The third-order valence-electron chi connectivity index (χ3n) is 5.15. The van der Waals surface area contributed by atoms with Crippen LogP contribution in [0.2, 0.25) is 0 Å². The maximum Gasteiger partial charge on any atom is 0.191 e. The van der Waals surface area contributed by atoms with Gasteiger partial charge in [0.25, 0.3) is 0 Å². The molecule has 1 aromatic carbocycles. The highest BCUT2D eigenvalue weighted by Gasteiger charge is 2.21. The van der Waals surface area contributed by atoms with Crippen molar-refractivity contribution >= 4 is 29.9 Å². The number of rotatable bonds is 7. The second-order valence-electron chi connectivity index (χ2n) is 7.62. The molecule has 2 rings (SSSR count). The highest BCUT2D eigenvalue weighted by atomic mass is 127. The summed E-state index contributed by atoms with van der Waals surface area (Å²) in [5.74, 6) is 1.65. The van der Waals surface area contributed by atoms with Gasteiger partial charge in [0.2, 0.25) is 0 Å². The smallest absolute Gasteiger partial charge is 0.191 e. The van der Waals surface area contributed by atoms with Crippen LogP contribution >= 0.6 is 24.0 Å². The van der Waals surface area contributed by atoms with E-state index in [0.29, 0.717) is 18.0 Å². The third kappa shape index (κ3) is 8.25. The molecule has 0 radical (unpaired) electrons. The monoisotopic (exact) mass is 472 g/mol. The average molecular weight is 472 g/mol. The molecule has 5 heteroatoms. The second kappa shape index (κ2) is 12.5. The number of benzene rings is 1. The van der Waals surface area contributed by atoms with Crippen molar-refractivity contribution in [2.24, 2.45) is 10.9 Å². The van der Waals surface area contributed by atoms with Crippen LogP contribution < -0.4 is 10.6 Å². The predicted molar refractivity (Wildman–Crippen MR) is 124 cm³/mol. The Morgan fingerprint density at radius 2 is 1.96 bits per heavy atom. The first-order valence-electron chi connectivity index (χ1n) is 9.83. The highest BCUT2D eigenvalue weighted by molar-refractivity contribution is 14.0. The zero-order chi connectivity index (χ0) is 18.1. The van der Waals surface area contributed by atoms with Crippen molar-refractivity contribution in [2.45, 2.75) is 58.5 Å². The van der Waals surface area contributed by atoms with Crippen LogP contribution in [-0.2, 0) is 6.42 Å². The van der Waals surface area contributed by atoms with Gasteiger partial charge < -0.3 is 15.5 Å². The summed E-state index contributed by atoms with van der Waals surface area (Å²) >= 11 is 0. The minimum Gasteiger partial charge on any atom is -0.356 e. The summed E-state index contributed by atoms with van der Waals surface area (Å²) in [5.41, 5.74) is 1.40. The number of guanidine groups is 1. The van der Waals surface area contributed by atoms with Crippen LogP contribution in [0.15, 0.2) is 35.3 Å². The van der Waals surface area contributed by atoms with Gasteiger partial charge in [0.1, 0.15) is 0 Å². The van der Waals surface area contributed by atoms with Gasteiger partial charge in [0.05, 0.1) is 0 Å². The van der Waals surface area contributed by atoms with Crippen molar-refractivity contribution < 1.29 is 0 Å². The molecule has 0 saturated carbocycles. The van der Waals surface area contributed by atoms with Crippen LogP contribution in [0.25, 0.3) is 0 Å². The Hall–Kier alpha value is -0.820. The van der Waals surface area contributed by atoms with Crippen molar-refractivity contribution in [3.05, 3.63) is 35.9 Å². The first kappa shape index (κ1) is 23.2. The quantitative estimate of drug-likeness (QED) is 0.359. The Labute approximate surface area is 177 Å². The van der Waals surface area contributed by atoms with E-state index in [1.54, 1.807) is 0 Å². The van der Waals surface area contributed by atoms with Crippen molar-refractivity contribution in [1.29, 1.82) is 0 Å². The molecular formula is C21H37IN4. The molecule has 0 aromatic heterocycles. The topological polar surface area (TPSA) is 39.7 Å². The van der Waals surface area contributed by atoms with Gasteiger partial charge in [-0.15, -0.1) is 24.0 Å². The fourth-order valence-electron chi connectivity index (χ4n) is 3.50. The molecule has 1 saturated heterocycles. The highest BCUT2D eigenvalue weighted by Crippen LogP contribution is 2.17. The minimum atomic E-state index is 0. The van der Waals surface area contributed by atoms with Crippen molar-refractivity contribution in [1.82, 2.24) is 15.5 Å². The van der Waals surface area contributed by atoms with Gasteiger partial charge in [0, 0.05) is 32.2 Å². The number of hydrogen-bond acceptors (Lipinski definition) is 2. The first-order chi connectivity index (χ1) is 12.1. The molecule has 1 aliphatic heterocycles. The number of aryl methyl sites for hydroxylation is 1. The molecule has 0 amide bonds. The molecule has 1 fully saturated rings. The van der Waals surface area contributed by atoms with Crippen LogP contribution in [0.1, 0.15) is 45.6 Å². The molecule has 0 bridgehead atoms. The molecule has 26 heavy (non-hydrogen) atoms. The van der Waals surface area contributed by atoms with E-state index in [9.17, 15) is 0 Å². The van der Waals surface area contributed by atoms with E-state index in [-0.39, 0.29) is 24.0 Å². The van der Waals surface area contributed by atoms with Crippen LogP contribution in [0.3, 0.4) is 0 Å². The molecule has 0 aliphatic carbocycles. The largest absolute Gasteiger partial charge is 0.356 e. The van der Waals surface area contributed by atoms with Gasteiger partial charge in [-0.05, 0) is 64.5 Å². The van der Waals surface area contributed by atoms with E-state index < -0.39 is 0 Å². The van der Waals surface area contributed by atoms with Crippen molar-refractivity contribution in [3.63, 3.8) is 0 Å². The summed E-state index contributed by atoms with van der Waals surface area (Å²) in [6, 6.07) is 11.7. The van der Waals surface area contributed by atoms with E-state index in [2.05, 4.69) is 71.6 Å². The Bertz CT molecular complexity index is 518. The molecule has 1 aromatic rings. The summed E-state index contributed by atoms with van der Waals surface area (Å²) in [7, 11) is 1.86. The fraction of sp³-hybridized carbons (Fsp3) is 0.667. The predicted octanol–water partition coefficient (Wildman–Crippen LogP) is 3.91. The zero-order valence-electron chi connectivity index (χ0n) is 16.9. The van der Waals surface area contributed by atoms with Gasteiger partial charge in [-0.1, -0.05) is 30.3 Å². The van der Waals surface area contributed by atoms with Crippen molar-refractivity contribution in [3.8, 4) is 0 Å². The van der Waals surface area contributed by atoms with E-state index >= 15 is 0 Å². The normalized spacial score (nSPS) is 19.7. The molecule has 2 N–H and O–H groups in total. The lowest BCUT2D eigenvalue weighted by atomic mass is 9.97. The molecule has 2 unspecified atom stereocenters. The van der Waals surface area contributed by atoms with E-state index in [0.717, 1.165) is 25.3 Å². The molecule has 4 nitrogen and oxygen atoms in total. The number of hydrogen-bond donors (Lipinski definition) is 2. The lowest BCUT2D eigenvalue weighted by molar-refractivity contribution is 0.141. The Morgan fingerprint density at radius 3 is 2.62 bits per heavy atom. The molecular weight excluding hydrogens is 435 g/mol. The number of nitrogens with zero attached hydrogens (tertiary/aromatic N) is 2. The average Bonchev–Trinajstić information content (AvgIpc) is 2.64. The van der Waals surface area contributed by atoms with Gasteiger partial charge in [0.15, 0.2) is 5.96 Å². The Morgan fingerprint density at radius 1 is 1.23 bits per heavy atom. The number of nitrogens with one attached hydrogen (secondary N) is 2. The fourth-order valence-corrected chi connectivity index (χ4v) is 3.50. The number of likely N-dealkylation sites (tertiary alicyclic amines) is 1. The summed E-state index contributed by atoms with van der Waals surface area (Å²) in [4.78, 5) is 6.99. The maximum atomic E-state index is 4.40. The Kier molecular flexibility index (Phi) is 11.2. The van der Waals surface area contributed by atoms with E-state index in [4.69, 9.17) is 0 Å². The summed E-state index contributed by atoms with van der Waals surface area (Å²) in [6.07, 6.45) is 4.83.